The van der Waals surface area contributed by atoms with Gasteiger partial charge in [-0.05, 0) is 24.1 Å². The summed E-state index contributed by atoms with van der Waals surface area (Å²) in [6.07, 6.45) is 0. The molecule has 2 nitrogen and oxygen atoms in total. The van der Waals surface area contributed by atoms with Gasteiger partial charge in [-0.3, -0.25) is 0 Å². The zero-order chi connectivity index (χ0) is 8.97. The van der Waals surface area contributed by atoms with Crippen LogP contribution >= 0.6 is 0 Å². The molecule has 0 N–H and O–H groups in total. The summed E-state index contributed by atoms with van der Waals surface area (Å²) in [6.45, 7) is 2.54. The minimum Gasteiger partial charge on any atom is -0.496 e. The highest BCUT2D eigenvalue weighted by molar-refractivity contribution is 5.38. The number of hydrogen-bond acceptors (Lipinski definition) is 2. The van der Waals surface area contributed by atoms with Gasteiger partial charge in [0.15, 0.2) is 0 Å². The van der Waals surface area contributed by atoms with E-state index in [0.29, 0.717) is 6.61 Å². The molecule has 0 fully saturated rings. The Morgan fingerprint density at radius 3 is 2.75 bits per heavy atom. The van der Waals surface area contributed by atoms with Crippen molar-refractivity contribution in [2.45, 2.75) is 13.5 Å². The third-order valence-electron chi connectivity index (χ3n) is 1.87. The van der Waals surface area contributed by atoms with Gasteiger partial charge in [-0.1, -0.05) is 12.1 Å². The van der Waals surface area contributed by atoms with E-state index in [4.69, 9.17) is 9.47 Å². The highest BCUT2D eigenvalue weighted by Crippen LogP contribution is 2.21. The third kappa shape index (κ3) is 1.77. The fourth-order valence-corrected chi connectivity index (χ4v) is 1.15. The lowest BCUT2D eigenvalue weighted by Gasteiger charge is -2.08. The molecule has 0 aromatic heterocycles. The largest absolute Gasteiger partial charge is 0.496 e. The quantitative estimate of drug-likeness (QED) is 0.684. The molecule has 0 heterocycles. The normalized spacial score (nSPS) is 9.92. The predicted octanol–water partition coefficient (Wildman–Crippen LogP) is 2.31. The Balaban J connectivity index is 2.97. The van der Waals surface area contributed by atoms with Crippen LogP contribution in [0.25, 0.3) is 0 Å². The zero-order valence-electron chi connectivity index (χ0n) is 7.46. The fraction of sp³-hybridized carbons (Fsp3) is 0.300. The minimum atomic E-state index is 0.531. The number of benzene rings is 1. The van der Waals surface area contributed by atoms with E-state index >= 15 is 0 Å². The first-order valence-corrected chi connectivity index (χ1v) is 3.79. The van der Waals surface area contributed by atoms with E-state index in [9.17, 15) is 0 Å². The Morgan fingerprint density at radius 2 is 2.17 bits per heavy atom. The molecule has 1 rings (SSSR count). The van der Waals surface area contributed by atoms with E-state index in [0.717, 1.165) is 16.9 Å². The lowest BCUT2D eigenvalue weighted by molar-refractivity contribution is 0.228. The van der Waals surface area contributed by atoms with Crippen LogP contribution in [0, 0.1) is 14.0 Å². The summed E-state index contributed by atoms with van der Waals surface area (Å²) in [5, 5.41) is 0. The molecule has 0 aliphatic heterocycles. The molecule has 1 aromatic rings. The van der Waals surface area contributed by atoms with Crippen LogP contribution < -0.4 is 4.74 Å². The first-order chi connectivity index (χ1) is 5.79. The molecule has 0 saturated carbocycles. The second kappa shape index (κ2) is 4.12. The topological polar surface area (TPSA) is 18.5 Å². The molecular weight excluding hydrogens is 152 g/mol. The van der Waals surface area contributed by atoms with Crippen molar-refractivity contribution in [1.29, 1.82) is 0 Å². The Kier molecular flexibility index (Phi) is 3.11. The van der Waals surface area contributed by atoms with Crippen LogP contribution in [0.5, 0.6) is 5.75 Å². The van der Waals surface area contributed by atoms with Crippen LogP contribution in [0.4, 0.5) is 0 Å². The molecule has 0 unspecified atom stereocenters. The molecule has 0 aliphatic rings. The van der Waals surface area contributed by atoms with Crippen molar-refractivity contribution in [3.05, 3.63) is 36.4 Å². The molecule has 0 atom stereocenters. The highest BCUT2D eigenvalue weighted by Gasteiger charge is 2.02. The summed E-state index contributed by atoms with van der Waals surface area (Å²) in [5.41, 5.74) is 2.23. The average molecular weight is 165 g/mol. The molecule has 0 aliphatic carbocycles. The van der Waals surface area contributed by atoms with Gasteiger partial charge in [0.25, 0.3) is 0 Å². The first-order valence-electron chi connectivity index (χ1n) is 3.79. The first kappa shape index (κ1) is 9.07. The standard InChI is InChI=1S/C10H13O2/c1-8-9(7-11-2)5-4-6-10(8)12-3/h4-6H,2,7H2,1,3H3. The zero-order valence-corrected chi connectivity index (χ0v) is 7.46. The lowest BCUT2D eigenvalue weighted by Crippen LogP contribution is -1.94. The van der Waals surface area contributed by atoms with Crippen molar-refractivity contribution >= 4 is 0 Å². The van der Waals surface area contributed by atoms with Gasteiger partial charge >= 0.3 is 0 Å². The van der Waals surface area contributed by atoms with E-state index in [1.54, 1.807) is 7.11 Å². The van der Waals surface area contributed by atoms with Crippen molar-refractivity contribution in [3.8, 4) is 5.75 Å². The van der Waals surface area contributed by atoms with Gasteiger partial charge in [-0.2, -0.15) is 0 Å². The minimum absolute atomic E-state index is 0.531. The van der Waals surface area contributed by atoms with Gasteiger partial charge < -0.3 is 9.47 Å². The van der Waals surface area contributed by atoms with Crippen LogP contribution in [0.3, 0.4) is 0 Å². The Bertz CT molecular complexity index is 256. The monoisotopic (exact) mass is 165 g/mol. The molecule has 0 amide bonds. The number of hydrogen-bond donors (Lipinski definition) is 0. The number of ether oxygens (including phenoxy) is 2. The van der Waals surface area contributed by atoms with Gasteiger partial charge in [0.05, 0.1) is 20.8 Å². The summed E-state index contributed by atoms with van der Waals surface area (Å²) < 4.78 is 9.96. The number of rotatable bonds is 3. The molecule has 0 saturated heterocycles. The van der Waals surface area contributed by atoms with Crippen LogP contribution in [-0.4, -0.2) is 7.11 Å². The maximum atomic E-state index is 5.16. The van der Waals surface area contributed by atoms with E-state index in [1.165, 1.54) is 0 Å². The maximum absolute atomic E-state index is 5.16. The molecule has 0 bridgehead atoms. The van der Waals surface area contributed by atoms with Gasteiger partial charge in [-0.25, -0.2) is 0 Å². The summed E-state index contributed by atoms with van der Waals surface area (Å²) in [7, 11) is 5.00. The van der Waals surface area contributed by atoms with Crippen LogP contribution in [-0.2, 0) is 11.3 Å². The van der Waals surface area contributed by atoms with E-state index < -0.39 is 0 Å². The van der Waals surface area contributed by atoms with Crippen molar-refractivity contribution in [3.63, 3.8) is 0 Å². The lowest BCUT2D eigenvalue weighted by atomic mass is 10.1. The molecule has 2 heteroatoms. The van der Waals surface area contributed by atoms with Gasteiger partial charge in [0.2, 0.25) is 0 Å². The fourth-order valence-electron chi connectivity index (χ4n) is 1.15. The molecule has 0 spiro atoms. The van der Waals surface area contributed by atoms with Crippen molar-refractivity contribution in [2.75, 3.05) is 7.11 Å². The number of methoxy groups -OCH3 is 1. The Hall–Kier alpha value is -1.02. The summed E-state index contributed by atoms with van der Waals surface area (Å²) in [6, 6.07) is 5.88. The summed E-state index contributed by atoms with van der Waals surface area (Å²) in [4.78, 5) is 0. The molecule has 65 valence electrons. The Morgan fingerprint density at radius 1 is 1.42 bits per heavy atom. The van der Waals surface area contributed by atoms with E-state index in [1.807, 2.05) is 25.1 Å². The Labute approximate surface area is 73.1 Å². The van der Waals surface area contributed by atoms with Crippen molar-refractivity contribution in [2.24, 2.45) is 0 Å². The molecular formula is C10H13O2. The highest BCUT2D eigenvalue weighted by atomic mass is 16.5. The second-order valence-corrected chi connectivity index (χ2v) is 2.59. The summed E-state index contributed by atoms with van der Waals surface area (Å²) in [5.74, 6) is 0.893. The predicted molar refractivity (Wildman–Crippen MR) is 47.9 cm³/mol. The van der Waals surface area contributed by atoms with Crippen molar-refractivity contribution in [1.82, 2.24) is 0 Å². The maximum Gasteiger partial charge on any atom is 0.122 e. The van der Waals surface area contributed by atoms with Gasteiger partial charge in [-0.15, -0.1) is 0 Å². The smallest absolute Gasteiger partial charge is 0.122 e. The van der Waals surface area contributed by atoms with Gasteiger partial charge in [0, 0.05) is 0 Å². The van der Waals surface area contributed by atoms with Gasteiger partial charge in [0.1, 0.15) is 5.75 Å². The van der Waals surface area contributed by atoms with Crippen LogP contribution in [0.1, 0.15) is 11.1 Å². The molecule has 1 aromatic carbocycles. The van der Waals surface area contributed by atoms with Crippen molar-refractivity contribution < 1.29 is 9.47 Å². The van der Waals surface area contributed by atoms with E-state index in [2.05, 4.69) is 7.11 Å². The SMILES string of the molecule is [CH2]OCc1cccc(OC)c1C. The van der Waals surface area contributed by atoms with E-state index in [-0.39, 0.29) is 0 Å². The third-order valence-corrected chi connectivity index (χ3v) is 1.87. The molecule has 1 radical (unpaired) electrons. The van der Waals surface area contributed by atoms with Crippen LogP contribution in [0.2, 0.25) is 0 Å². The van der Waals surface area contributed by atoms with Crippen LogP contribution in [0.15, 0.2) is 18.2 Å². The summed E-state index contributed by atoms with van der Waals surface area (Å²) >= 11 is 0. The second-order valence-electron chi connectivity index (χ2n) is 2.59. The average Bonchev–Trinajstić information content (AvgIpc) is 2.09. The molecule has 12 heavy (non-hydrogen) atoms.